The maximum Gasteiger partial charge on any atom is 0.245 e. The number of hydrogen-bond acceptors (Lipinski definition) is 5. The fraction of sp³-hybridized carbons (Fsp3) is 0.158. The lowest BCUT2D eigenvalue weighted by molar-refractivity contribution is -0.121. The summed E-state index contributed by atoms with van der Waals surface area (Å²) in [5, 5.41) is 5.74. The highest BCUT2D eigenvalue weighted by Crippen LogP contribution is 2.31. The van der Waals surface area contributed by atoms with Crippen molar-refractivity contribution in [1.82, 2.24) is 19.9 Å². The zero-order valence-electron chi connectivity index (χ0n) is 15.0. The van der Waals surface area contributed by atoms with Crippen LogP contribution in [0.5, 0.6) is 0 Å². The first kappa shape index (κ1) is 18.5. The van der Waals surface area contributed by atoms with Crippen molar-refractivity contribution in [3.8, 4) is 10.7 Å². The Morgan fingerprint density at radius 1 is 1.26 bits per heavy atom. The van der Waals surface area contributed by atoms with E-state index in [2.05, 4.69) is 20.6 Å². The van der Waals surface area contributed by atoms with Crippen molar-refractivity contribution in [3.63, 3.8) is 0 Å². The van der Waals surface area contributed by atoms with Gasteiger partial charge >= 0.3 is 0 Å². The SMILES string of the molecule is Cc1nc(NC(=O)CNC(=O)/C=C/c2ccccc2)sc1-c1nccn1C. The second-order valence-corrected chi connectivity index (χ2v) is 6.80. The molecule has 0 aliphatic heterocycles. The summed E-state index contributed by atoms with van der Waals surface area (Å²) in [6.45, 7) is 1.74. The van der Waals surface area contributed by atoms with Crippen LogP contribution < -0.4 is 10.6 Å². The lowest BCUT2D eigenvalue weighted by Gasteiger charge is -2.02. The maximum atomic E-state index is 12.1. The normalized spacial score (nSPS) is 10.9. The molecule has 2 heterocycles. The smallest absolute Gasteiger partial charge is 0.245 e. The van der Waals surface area contributed by atoms with E-state index in [0.29, 0.717) is 5.13 Å². The molecule has 0 radical (unpaired) electrons. The summed E-state index contributed by atoms with van der Waals surface area (Å²) < 4.78 is 1.89. The summed E-state index contributed by atoms with van der Waals surface area (Å²) in [6, 6.07) is 9.46. The lowest BCUT2D eigenvalue weighted by Crippen LogP contribution is -2.31. The molecule has 0 aliphatic carbocycles. The number of rotatable bonds is 6. The van der Waals surface area contributed by atoms with E-state index in [-0.39, 0.29) is 18.4 Å². The molecule has 0 aliphatic rings. The molecule has 3 rings (SSSR count). The molecule has 27 heavy (non-hydrogen) atoms. The van der Waals surface area contributed by atoms with Gasteiger partial charge < -0.3 is 15.2 Å². The number of imidazole rings is 1. The minimum atomic E-state index is -0.336. The molecule has 2 amide bonds. The fourth-order valence-electron chi connectivity index (χ4n) is 2.37. The van der Waals surface area contributed by atoms with Crippen LogP contribution in [0.4, 0.5) is 5.13 Å². The molecule has 3 aromatic rings. The third-order valence-electron chi connectivity index (χ3n) is 3.72. The molecule has 2 N–H and O–H groups in total. The Kier molecular flexibility index (Phi) is 5.77. The van der Waals surface area contributed by atoms with Crippen LogP contribution in [0.2, 0.25) is 0 Å². The van der Waals surface area contributed by atoms with Gasteiger partial charge in [0.15, 0.2) is 11.0 Å². The van der Waals surface area contributed by atoms with Crippen molar-refractivity contribution in [2.45, 2.75) is 6.92 Å². The molecule has 8 heteroatoms. The van der Waals surface area contributed by atoms with Gasteiger partial charge in [-0.15, -0.1) is 0 Å². The van der Waals surface area contributed by atoms with Gasteiger partial charge in [-0.05, 0) is 18.6 Å². The molecular weight excluding hydrogens is 362 g/mol. The Labute approximate surface area is 160 Å². The Hall–Kier alpha value is -3.26. The minimum Gasteiger partial charge on any atom is -0.343 e. The largest absolute Gasteiger partial charge is 0.343 e. The van der Waals surface area contributed by atoms with E-state index in [4.69, 9.17) is 0 Å². The number of carbonyl (C=O) groups excluding carboxylic acids is 2. The molecule has 0 spiro atoms. The highest BCUT2D eigenvalue weighted by Gasteiger charge is 2.15. The first-order chi connectivity index (χ1) is 13.0. The summed E-state index contributed by atoms with van der Waals surface area (Å²) >= 11 is 1.35. The fourth-order valence-corrected chi connectivity index (χ4v) is 3.39. The van der Waals surface area contributed by atoms with Crippen LogP contribution in [0.15, 0.2) is 48.8 Å². The number of amides is 2. The standard InChI is InChI=1S/C19H19N5O2S/c1-13-17(18-20-10-11-24(18)2)27-19(22-13)23-16(26)12-21-15(25)9-8-14-6-4-3-5-7-14/h3-11H,12H2,1-2H3,(H,21,25)(H,22,23,26)/b9-8+. The van der Waals surface area contributed by atoms with Gasteiger partial charge in [0.1, 0.15) is 0 Å². The molecule has 2 aromatic heterocycles. The molecule has 7 nitrogen and oxygen atoms in total. The second kappa shape index (κ2) is 8.41. The predicted molar refractivity (Wildman–Crippen MR) is 106 cm³/mol. The van der Waals surface area contributed by atoms with Crippen LogP contribution in [-0.2, 0) is 16.6 Å². The number of nitrogens with one attached hydrogen (secondary N) is 2. The second-order valence-electron chi connectivity index (χ2n) is 5.81. The van der Waals surface area contributed by atoms with E-state index >= 15 is 0 Å². The number of carbonyl (C=O) groups is 2. The van der Waals surface area contributed by atoms with Crippen LogP contribution in [0.3, 0.4) is 0 Å². The summed E-state index contributed by atoms with van der Waals surface area (Å²) in [4.78, 5) is 33.4. The van der Waals surface area contributed by atoms with E-state index in [1.54, 1.807) is 12.3 Å². The molecule has 0 saturated carbocycles. The molecule has 1 aromatic carbocycles. The zero-order valence-corrected chi connectivity index (χ0v) is 15.8. The number of aryl methyl sites for hydroxylation is 2. The quantitative estimate of drug-likeness (QED) is 0.643. The third-order valence-corrected chi connectivity index (χ3v) is 4.79. The maximum absolute atomic E-state index is 12.1. The van der Waals surface area contributed by atoms with Gasteiger partial charge in [0.25, 0.3) is 0 Å². The summed E-state index contributed by atoms with van der Waals surface area (Å²) in [5.41, 5.74) is 1.71. The van der Waals surface area contributed by atoms with Crippen LogP contribution in [-0.4, -0.2) is 32.9 Å². The van der Waals surface area contributed by atoms with Gasteiger partial charge in [0.05, 0.1) is 17.1 Å². The summed E-state index contributed by atoms with van der Waals surface area (Å²) in [5.74, 6) is 0.125. The van der Waals surface area contributed by atoms with Crippen molar-refractivity contribution >= 4 is 34.4 Å². The van der Waals surface area contributed by atoms with E-state index < -0.39 is 0 Å². The van der Waals surface area contributed by atoms with Crippen LogP contribution in [0.1, 0.15) is 11.3 Å². The molecule has 0 fully saturated rings. The molecule has 138 valence electrons. The average Bonchev–Trinajstić information content (AvgIpc) is 3.24. The van der Waals surface area contributed by atoms with E-state index in [0.717, 1.165) is 22.0 Å². The molecule has 0 unspecified atom stereocenters. The zero-order chi connectivity index (χ0) is 19.2. The lowest BCUT2D eigenvalue weighted by atomic mass is 10.2. The van der Waals surface area contributed by atoms with Gasteiger partial charge in [-0.2, -0.15) is 0 Å². The van der Waals surface area contributed by atoms with Gasteiger partial charge in [-0.25, -0.2) is 9.97 Å². The van der Waals surface area contributed by atoms with E-state index in [9.17, 15) is 9.59 Å². The number of nitrogens with zero attached hydrogens (tertiary/aromatic N) is 3. The van der Waals surface area contributed by atoms with E-state index in [1.807, 2.05) is 55.1 Å². The molecule has 0 bridgehead atoms. The number of hydrogen-bond donors (Lipinski definition) is 2. The average molecular weight is 381 g/mol. The Bertz CT molecular complexity index is 975. The minimum absolute atomic E-state index is 0.131. The van der Waals surface area contributed by atoms with Gasteiger partial charge in [-0.3, -0.25) is 9.59 Å². The highest BCUT2D eigenvalue weighted by molar-refractivity contribution is 7.19. The van der Waals surface area contributed by atoms with Gasteiger partial charge in [0.2, 0.25) is 11.8 Å². The summed E-state index contributed by atoms with van der Waals surface area (Å²) in [6.07, 6.45) is 6.66. The van der Waals surface area contributed by atoms with Gasteiger partial charge in [0, 0.05) is 25.5 Å². The topological polar surface area (TPSA) is 88.9 Å². The molecular formula is C19H19N5O2S. The third kappa shape index (κ3) is 4.89. The number of thiazole rings is 1. The van der Waals surface area contributed by atoms with Crippen molar-refractivity contribution in [2.75, 3.05) is 11.9 Å². The van der Waals surface area contributed by atoms with E-state index in [1.165, 1.54) is 17.4 Å². The molecule has 0 saturated heterocycles. The van der Waals surface area contributed by atoms with Crippen molar-refractivity contribution in [1.29, 1.82) is 0 Å². The molecule has 0 atom stereocenters. The number of aromatic nitrogens is 3. The van der Waals surface area contributed by atoms with Crippen LogP contribution in [0, 0.1) is 6.92 Å². The first-order valence-electron chi connectivity index (χ1n) is 8.29. The Balaban J connectivity index is 1.53. The monoisotopic (exact) mass is 381 g/mol. The Morgan fingerprint density at radius 2 is 2.04 bits per heavy atom. The van der Waals surface area contributed by atoms with Crippen molar-refractivity contribution in [2.24, 2.45) is 7.05 Å². The number of benzene rings is 1. The predicted octanol–water partition coefficient (Wildman–Crippen LogP) is 2.62. The number of anilines is 1. The first-order valence-corrected chi connectivity index (χ1v) is 9.10. The highest BCUT2D eigenvalue weighted by atomic mass is 32.1. The Morgan fingerprint density at radius 3 is 2.74 bits per heavy atom. The summed E-state index contributed by atoms with van der Waals surface area (Å²) in [7, 11) is 1.90. The van der Waals surface area contributed by atoms with Gasteiger partial charge in [-0.1, -0.05) is 41.7 Å². The van der Waals surface area contributed by atoms with Crippen molar-refractivity contribution < 1.29 is 9.59 Å². The van der Waals surface area contributed by atoms with Crippen LogP contribution >= 0.6 is 11.3 Å². The van der Waals surface area contributed by atoms with Crippen molar-refractivity contribution in [3.05, 3.63) is 60.1 Å². The van der Waals surface area contributed by atoms with Crippen LogP contribution in [0.25, 0.3) is 16.8 Å².